The van der Waals surface area contributed by atoms with Crippen molar-refractivity contribution in [3.8, 4) is 0 Å². The fourth-order valence-electron chi connectivity index (χ4n) is 1.83. The van der Waals surface area contributed by atoms with Crippen LogP contribution in [-0.2, 0) is 0 Å². The van der Waals surface area contributed by atoms with Crippen LogP contribution in [0.2, 0.25) is 0 Å². The standard InChI is InChI=1S/C13H19F3N2/c1-4-18(5-2)11-6-7-12(10(3)8-11)17-9-13(14,15)16/h6-8,17H,4-5,9H2,1-3H3. The molecule has 0 aliphatic heterocycles. The van der Waals surface area contributed by atoms with Crippen LogP contribution in [-0.4, -0.2) is 25.8 Å². The predicted octanol–water partition coefficient (Wildman–Crippen LogP) is 3.82. The number of alkyl halides is 3. The summed E-state index contributed by atoms with van der Waals surface area (Å²) in [4.78, 5) is 2.15. The first-order chi connectivity index (χ1) is 8.37. The molecule has 0 atom stereocenters. The molecule has 5 heteroatoms. The molecular weight excluding hydrogens is 241 g/mol. The van der Waals surface area contributed by atoms with Gasteiger partial charge in [0, 0.05) is 24.5 Å². The third kappa shape index (κ3) is 4.13. The van der Waals surface area contributed by atoms with E-state index in [0.717, 1.165) is 24.3 Å². The Bertz CT molecular complexity index is 384. The maximum atomic E-state index is 12.1. The van der Waals surface area contributed by atoms with Crippen LogP contribution >= 0.6 is 0 Å². The van der Waals surface area contributed by atoms with Gasteiger partial charge >= 0.3 is 6.18 Å². The quantitative estimate of drug-likeness (QED) is 0.866. The van der Waals surface area contributed by atoms with Gasteiger partial charge in [-0.05, 0) is 44.5 Å². The molecule has 102 valence electrons. The monoisotopic (exact) mass is 260 g/mol. The summed E-state index contributed by atoms with van der Waals surface area (Å²) in [6.45, 7) is 6.67. The molecule has 1 N–H and O–H groups in total. The average Bonchev–Trinajstić information content (AvgIpc) is 2.28. The van der Waals surface area contributed by atoms with Crippen molar-refractivity contribution < 1.29 is 13.2 Å². The van der Waals surface area contributed by atoms with Gasteiger partial charge in [0.1, 0.15) is 6.54 Å². The molecule has 2 nitrogen and oxygen atoms in total. The predicted molar refractivity (Wildman–Crippen MR) is 69.3 cm³/mol. The molecule has 1 aromatic carbocycles. The highest BCUT2D eigenvalue weighted by Gasteiger charge is 2.26. The molecule has 0 aliphatic carbocycles. The minimum atomic E-state index is -4.19. The van der Waals surface area contributed by atoms with Crippen molar-refractivity contribution in [1.82, 2.24) is 0 Å². The van der Waals surface area contributed by atoms with Gasteiger partial charge < -0.3 is 10.2 Å². The first-order valence-corrected chi connectivity index (χ1v) is 6.03. The van der Waals surface area contributed by atoms with Gasteiger partial charge in [0.2, 0.25) is 0 Å². The minimum Gasteiger partial charge on any atom is -0.376 e. The summed E-state index contributed by atoms with van der Waals surface area (Å²) in [7, 11) is 0. The average molecular weight is 260 g/mol. The molecule has 0 saturated heterocycles. The number of hydrogen-bond acceptors (Lipinski definition) is 2. The smallest absolute Gasteiger partial charge is 0.376 e. The Morgan fingerprint density at radius 3 is 2.22 bits per heavy atom. The van der Waals surface area contributed by atoms with E-state index in [9.17, 15) is 13.2 Å². The second-order valence-corrected chi connectivity index (χ2v) is 4.14. The topological polar surface area (TPSA) is 15.3 Å². The Labute approximate surface area is 106 Å². The summed E-state index contributed by atoms with van der Waals surface area (Å²) in [6, 6.07) is 5.46. The second-order valence-electron chi connectivity index (χ2n) is 4.14. The van der Waals surface area contributed by atoms with E-state index in [-0.39, 0.29) is 0 Å². The molecule has 18 heavy (non-hydrogen) atoms. The van der Waals surface area contributed by atoms with E-state index < -0.39 is 12.7 Å². The summed E-state index contributed by atoms with van der Waals surface area (Å²) < 4.78 is 36.4. The highest BCUT2D eigenvalue weighted by molar-refractivity contribution is 5.60. The lowest BCUT2D eigenvalue weighted by molar-refractivity contribution is -0.115. The third-order valence-electron chi connectivity index (χ3n) is 2.82. The number of halogens is 3. The fourth-order valence-corrected chi connectivity index (χ4v) is 1.83. The van der Waals surface area contributed by atoms with E-state index in [1.165, 1.54) is 0 Å². The van der Waals surface area contributed by atoms with Crippen molar-refractivity contribution in [3.63, 3.8) is 0 Å². The summed E-state index contributed by atoms with van der Waals surface area (Å²) >= 11 is 0. The van der Waals surface area contributed by atoms with Gasteiger partial charge in [-0.3, -0.25) is 0 Å². The Balaban J connectivity index is 2.79. The number of hydrogen-bond donors (Lipinski definition) is 1. The molecule has 0 amide bonds. The van der Waals surface area contributed by atoms with Gasteiger partial charge in [-0.15, -0.1) is 0 Å². The maximum absolute atomic E-state index is 12.1. The first kappa shape index (κ1) is 14.7. The maximum Gasteiger partial charge on any atom is 0.405 e. The number of benzene rings is 1. The molecule has 0 spiro atoms. The second kappa shape index (κ2) is 5.98. The van der Waals surface area contributed by atoms with Crippen LogP contribution in [0.15, 0.2) is 18.2 Å². The van der Waals surface area contributed by atoms with E-state index >= 15 is 0 Å². The van der Waals surface area contributed by atoms with Gasteiger partial charge in [0.15, 0.2) is 0 Å². The van der Waals surface area contributed by atoms with Gasteiger partial charge in [-0.2, -0.15) is 13.2 Å². The molecular formula is C13H19F3N2. The van der Waals surface area contributed by atoms with E-state index in [4.69, 9.17) is 0 Å². The lowest BCUT2D eigenvalue weighted by atomic mass is 10.1. The van der Waals surface area contributed by atoms with Crippen LogP contribution in [0.25, 0.3) is 0 Å². The molecule has 0 unspecified atom stereocenters. The normalized spacial score (nSPS) is 11.4. The van der Waals surface area contributed by atoms with Crippen LogP contribution in [0, 0.1) is 6.92 Å². The highest BCUT2D eigenvalue weighted by atomic mass is 19.4. The molecule has 0 bridgehead atoms. The first-order valence-electron chi connectivity index (χ1n) is 6.03. The largest absolute Gasteiger partial charge is 0.405 e. The van der Waals surface area contributed by atoms with Crippen molar-refractivity contribution in [2.45, 2.75) is 26.9 Å². The van der Waals surface area contributed by atoms with E-state index in [0.29, 0.717) is 5.69 Å². The highest BCUT2D eigenvalue weighted by Crippen LogP contribution is 2.24. The van der Waals surface area contributed by atoms with Gasteiger partial charge in [0.25, 0.3) is 0 Å². The summed E-state index contributed by atoms with van der Waals surface area (Å²) in [5.41, 5.74) is 2.39. The van der Waals surface area contributed by atoms with Gasteiger partial charge in [-0.1, -0.05) is 0 Å². The zero-order chi connectivity index (χ0) is 13.8. The lowest BCUT2D eigenvalue weighted by Crippen LogP contribution is -2.23. The molecule has 0 saturated carbocycles. The number of rotatable bonds is 5. The van der Waals surface area contributed by atoms with Crippen LogP contribution in [0.3, 0.4) is 0 Å². The lowest BCUT2D eigenvalue weighted by Gasteiger charge is -2.22. The number of anilines is 2. The zero-order valence-electron chi connectivity index (χ0n) is 10.9. The Hall–Kier alpha value is -1.39. The summed E-state index contributed by atoms with van der Waals surface area (Å²) in [6.07, 6.45) is -4.19. The minimum absolute atomic E-state index is 0.531. The number of nitrogens with zero attached hydrogens (tertiary/aromatic N) is 1. The van der Waals surface area contributed by atoms with Crippen LogP contribution in [0.4, 0.5) is 24.5 Å². The van der Waals surface area contributed by atoms with Crippen LogP contribution in [0.1, 0.15) is 19.4 Å². The number of aryl methyl sites for hydroxylation is 1. The van der Waals surface area contributed by atoms with Crippen molar-refractivity contribution >= 4 is 11.4 Å². The van der Waals surface area contributed by atoms with E-state index in [1.807, 2.05) is 19.1 Å². The molecule has 0 fully saturated rings. The van der Waals surface area contributed by atoms with Crippen molar-refractivity contribution in [2.75, 3.05) is 29.9 Å². The molecule has 0 radical (unpaired) electrons. The SMILES string of the molecule is CCN(CC)c1ccc(NCC(F)(F)F)c(C)c1. The molecule has 0 heterocycles. The molecule has 0 aliphatic rings. The molecule has 1 rings (SSSR count). The summed E-state index contributed by atoms with van der Waals surface area (Å²) in [5, 5.41) is 2.41. The van der Waals surface area contributed by atoms with E-state index in [1.54, 1.807) is 6.07 Å². The van der Waals surface area contributed by atoms with Gasteiger partial charge in [0.05, 0.1) is 0 Å². The van der Waals surface area contributed by atoms with Crippen LogP contribution in [0.5, 0.6) is 0 Å². The summed E-state index contributed by atoms with van der Waals surface area (Å²) in [5.74, 6) is 0. The zero-order valence-corrected chi connectivity index (χ0v) is 10.9. The third-order valence-corrected chi connectivity index (χ3v) is 2.82. The Morgan fingerprint density at radius 1 is 1.17 bits per heavy atom. The van der Waals surface area contributed by atoms with Crippen molar-refractivity contribution in [1.29, 1.82) is 0 Å². The van der Waals surface area contributed by atoms with Crippen LogP contribution < -0.4 is 10.2 Å². The van der Waals surface area contributed by atoms with E-state index in [2.05, 4.69) is 24.1 Å². The molecule has 0 aromatic heterocycles. The molecule has 1 aromatic rings. The Morgan fingerprint density at radius 2 is 1.78 bits per heavy atom. The van der Waals surface area contributed by atoms with Gasteiger partial charge in [-0.25, -0.2) is 0 Å². The van der Waals surface area contributed by atoms with Crippen molar-refractivity contribution in [3.05, 3.63) is 23.8 Å². The van der Waals surface area contributed by atoms with Crippen molar-refractivity contribution in [2.24, 2.45) is 0 Å². The Kier molecular flexibility index (Phi) is 4.87. The fraction of sp³-hybridized carbons (Fsp3) is 0.538. The number of nitrogens with one attached hydrogen (secondary N) is 1.